The van der Waals surface area contributed by atoms with Crippen LogP contribution < -0.4 is 5.63 Å². The Balaban J connectivity index is 2.28. The first kappa shape index (κ1) is 11.7. The van der Waals surface area contributed by atoms with Crippen molar-refractivity contribution in [1.82, 2.24) is 4.98 Å². The van der Waals surface area contributed by atoms with Crippen LogP contribution in [0.4, 0.5) is 0 Å². The van der Waals surface area contributed by atoms with E-state index in [-0.39, 0.29) is 5.63 Å². The molecule has 0 fully saturated rings. The Morgan fingerprint density at radius 2 is 1.68 bits per heavy atom. The normalized spacial score (nSPS) is 10.8. The van der Waals surface area contributed by atoms with E-state index in [0.29, 0.717) is 16.8 Å². The number of aromatic nitrogens is 1. The zero-order chi connectivity index (χ0) is 13.4. The Bertz CT molecular complexity index is 798. The number of hydrogen-bond donors (Lipinski definition) is 0. The second kappa shape index (κ2) is 4.35. The second-order valence-corrected chi connectivity index (χ2v) is 4.70. The van der Waals surface area contributed by atoms with Crippen molar-refractivity contribution < 1.29 is 4.42 Å². The molecular formula is C16H13NO2. The maximum Gasteiger partial charge on any atom is 0.347 e. The van der Waals surface area contributed by atoms with Gasteiger partial charge in [-0.25, -0.2) is 9.78 Å². The zero-order valence-corrected chi connectivity index (χ0v) is 10.8. The van der Waals surface area contributed by atoms with Gasteiger partial charge >= 0.3 is 5.63 Å². The van der Waals surface area contributed by atoms with Crippen LogP contribution in [0.15, 0.2) is 51.7 Å². The monoisotopic (exact) mass is 251 g/mol. The fourth-order valence-electron chi connectivity index (χ4n) is 2.24. The number of para-hydroxylation sites is 1. The molecule has 3 heteroatoms. The van der Waals surface area contributed by atoms with Gasteiger partial charge in [-0.1, -0.05) is 29.3 Å². The van der Waals surface area contributed by atoms with Crippen LogP contribution in [0.2, 0.25) is 0 Å². The molecule has 0 atom stereocenters. The number of fused-ring (bicyclic) bond motifs is 1. The van der Waals surface area contributed by atoms with Crippen LogP contribution in [0.5, 0.6) is 0 Å². The summed E-state index contributed by atoms with van der Waals surface area (Å²) in [5.41, 5.74) is 3.38. The first-order valence-electron chi connectivity index (χ1n) is 6.12. The third-order valence-corrected chi connectivity index (χ3v) is 3.00. The summed E-state index contributed by atoms with van der Waals surface area (Å²) < 4.78 is 5.32. The third-order valence-electron chi connectivity index (χ3n) is 3.00. The van der Waals surface area contributed by atoms with Crippen molar-refractivity contribution in [3.05, 3.63) is 64.0 Å². The Kier molecular flexibility index (Phi) is 2.67. The number of aryl methyl sites for hydroxylation is 2. The van der Waals surface area contributed by atoms with E-state index >= 15 is 0 Å². The van der Waals surface area contributed by atoms with E-state index in [1.54, 1.807) is 12.1 Å². The number of benzene rings is 2. The maximum absolute atomic E-state index is 11.9. The van der Waals surface area contributed by atoms with Crippen molar-refractivity contribution in [2.24, 2.45) is 0 Å². The topological polar surface area (TPSA) is 43.1 Å². The van der Waals surface area contributed by atoms with Crippen LogP contribution in [0.25, 0.3) is 22.4 Å². The van der Waals surface area contributed by atoms with Gasteiger partial charge in [0.25, 0.3) is 0 Å². The van der Waals surface area contributed by atoms with Gasteiger partial charge in [-0.05, 0) is 38.1 Å². The van der Waals surface area contributed by atoms with E-state index in [2.05, 4.69) is 11.1 Å². The van der Waals surface area contributed by atoms with Gasteiger partial charge in [0.05, 0.1) is 10.9 Å². The highest BCUT2D eigenvalue weighted by Gasteiger charge is 2.08. The van der Waals surface area contributed by atoms with Crippen molar-refractivity contribution >= 4 is 10.9 Å². The molecule has 1 aromatic heterocycles. The predicted octanol–water partition coefficient (Wildman–Crippen LogP) is 3.47. The minimum Gasteiger partial charge on any atom is -0.403 e. The molecule has 3 nitrogen and oxygen atoms in total. The highest BCUT2D eigenvalue weighted by molar-refractivity contribution is 5.78. The summed E-state index contributed by atoms with van der Waals surface area (Å²) in [4.78, 5) is 16.4. The van der Waals surface area contributed by atoms with Gasteiger partial charge in [0, 0.05) is 5.56 Å². The van der Waals surface area contributed by atoms with Gasteiger partial charge in [-0.3, -0.25) is 0 Å². The molecule has 0 aliphatic rings. The second-order valence-electron chi connectivity index (χ2n) is 4.70. The van der Waals surface area contributed by atoms with E-state index in [9.17, 15) is 4.79 Å². The number of rotatable bonds is 1. The first-order chi connectivity index (χ1) is 9.13. The van der Waals surface area contributed by atoms with E-state index in [1.165, 1.54) is 0 Å². The summed E-state index contributed by atoms with van der Waals surface area (Å²) in [6.45, 7) is 4.02. The molecule has 3 aromatic rings. The summed E-state index contributed by atoms with van der Waals surface area (Å²) in [6, 6.07) is 13.2. The molecule has 0 aliphatic carbocycles. The molecule has 0 saturated carbocycles. The van der Waals surface area contributed by atoms with Crippen molar-refractivity contribution in [1.29, 1.82) is 0 Å². The van der Waals surface area contributed by atoms with Gasteiger partial charge in [0.15, 0.2) is 0 Å². The SMILES string of the molecule is Cc1cc(C)cc(-c2nc3ccccc3c(=O)o2)c1. The Morgan fingerprint density at radius 3 is 2.42 bits per heavy atom. The lowest BCUT2D eigenvalue weighted by atomic mass is 10.1. The third kappa shape index (κ3) is 2.15. The molecule has 0 N–H and O–H groups in total. The summed E-state index contributed by atoms with van der Waals surface area (Å²) in [5, 5.41) is 0.510. The molecule has 0 aliphatic heterocycles. The summed E-state index contributed by atoms with van der Waals surface area (Å²) in [7, 11) is 0. The summed E-state index contributed by atoms with van der Waals surface area (Å²) in [5.74, 6) is 0.371. The smallest absolute Gasteiger partial charge is 0.347 e. The highest BCUT2D eigenvalue weighted by Crippen LogP contribution is 2.21. The van der Waals surface area contributed by atoms with Crippen molar-refractivity contribution in [2.45, 2.75) is 13.8 Å². The van der Waals surface area contributed by atoms with E-state index in [1.807, 2.05) is 38.1 Å². The van der Waals surface area contributed by atoms with Gasteiger partial charge in [-0.2, -0.15) is 0 Å². The Labute approximate surface area is 110 Å². The summed E-state index contributed by atoms with van der Waals surface area (Å²) in [6.07, 6.45) is 0. The van der Waals surface area contributed by atoms with E-state index in [0.717, 1.165) is 16.7 Å². The standard InChI is InChI=1S/C16H13NO2/c1-10-7-11(2)9-12(8-10)15-17-14-6-4-3-5-13(14)16(18)19-15/h3-9H,1-2H3. The minimum absolute atomic E-state index is 0.347. The lowest BCUT2D eigenvalue weighted by Gasteiger charge is -2.04. The molecular weight excluding hydrogens is 238 g/mol. The van der Waals surface area contributed by atoms with E-state index < -0.39 is 0 Å². The Hall–Kier alpha value is -2.42. The Morgan fingerprint density at radius 1 is 1.00 bits per heavy atom. The fraction of sp³-hybridized carbons (Fsp3) is 0.125. The van der Waals surface area contributed by atoms with Crippen molar-refractivity contribution in [2.75, 3.05) is 0 Å². The van der Waals surface area contributed by atoms with Crippen LogP contribution >= 0.6 is 0 Å². The molecule has 0 unspecified atom stereocenters. The van der Waals surface area contributed by atoms with Crippen LogP contribution in [-0.4, -0.2) is 4.98 Å². The molecule has 0 bridgehead atoms. The maximum atomic E-state index is 11.9. The molecule has 0 saturated heterocycles. The lowest BCUT2D eigenvalue weighted by Crippen LogP contribution is -2.02. The molecule has 0 amide bonds. The average Bonchev–Trinajstić information content (AvgIpc) is 2.37. The van der Waals surface area contributed by atoms with Crippen molar-refractivity contribution in [3.63, 3.8) is 0 Å². The predicted molar refractivity (Wildman–Crippen MR) is 75.2 cm³/mol. The average molecular weight is 251 g/mol. The minimum atomic E-state index is -0.347. The molecule has 2 aromatic carbocycles. The molecule has 3 rings (SSSR count). The van der Waals surface area contributed by atoms with Crippen molar-refractivity contribution in [3.8, 4) is 11.5 Å². The fourth-order valence-corrected chi connectivity index (χ4v) is 2.24. The number of nitrogens with zero attached hydrogens (tertiary/aromatic N) is 1. The van der Waals surface area contributed by atoms with E-state index in [4.69, 9.17) is 4.42 Å². The largest absolute Gasteiger partial charge is 0.403 e. The van der Waals surface area contributed by atoms with Gasteiger partial charge < -0.3 is 4.42 Å². The quantitative estimate of drug-likeness (QED) is 0.665. The zero-order valence-electron chi connectivity index (χ0n) is 10.8. The molecule has 0 spiro atoms. The number of hydrogen-bond acceptors (Lipinski definition) is 3. The van der Waals surface area contributed by atoms with Crippen LogP contribution in [0, 0.1) is 13.8 Å². The molecule has 94 valence electrons. The van der Waals surface area contributed by atoms with Gasteiger partial charge in [0.2, 0.25) is 5.89 Å². The lowest BCUT2D eigenvalue weighted by molar-refractivity contribution is 0.518. The van der Waals surface area contributed by atoms with Crippen LogP contribution in [0.3, 0.4) is 0 Å². The first-order valence-corrected chi connectivity index (χ1v) is 6.12. The summed E-state index contributed by atoms with van der Waals surface area (Å²) >= 11 is 0. The molecule has 0 radical (unpaired) electrons. The molecule has 1 heterocycles. The van der Waals surface area contributed by atoms with Crippen LogP contribution in [0.1, 0.15) is 11.1 Å². The van der Waals surface area contributed by atoms with Gasteiger partial charge in [-0.15, -0.1) is 0 Å². The van der Waals surface area contributed by atoms with Gasteiger partial charge in [0.1, 0.15) is 0 Å². The highest BCUT2D eigenvalue weighted by atomic mass is 16.4. The van der Waals surface area contributed by atoms with Crippen LogP contribution in [-0.2, 0) is 0 Å². The molecule has 19 heavy (non-hydrogen) atoms.